The van der Waals surface area contributed by atoms with Crippen molar-refractivity contribution in [1.29, 1.82) is 0 Å². The molecule has 208 valence electrons. The maximum atomic E-state index is 14.2. The van der Waals surface area contributed by atoms with Crippen LogP contribution >= 0.6 is 0 Å². The molecule has 1 saturated heterocycles. The van der Waals surface area contributed by atoms with E-state index in [0.29, 0.717) is 10.9 Å². The van der Waals surface area contributed by atoms with E-state index in [1.54, 1.807) is 48.7 Å². The van der Waals surface area contributed by atoms with E-state index in [4.69, 9.17) is 0 Å². The Bertz CT molecular complexity index is 1710. The van der Waals surface area contributed by atoms with E-state index in [2.05, 4.69) is 20.2 Å². The van der Waals surface area contributed by atoms with Gasteiger partial charge < -0.3 is 10.2 Å². The minimum absolute atomic E-state index is 0.0396. The van der Waals surface area contributed by atoms with Crippen LogP contribution in [0, 0.1) is 0 Å². The maximum absolute atomic E-state index is 14.2. The molecule has 0 aliphatic carbocycles. The second kappa shape index (κ2) is 11.1. The summed E-state index contributed by atoms with van der Waals surface area (Å²) < 4.78 is 43.9. The van der Waals surface area contributed by atoms with E-state index in [1.165, 1.54) is 42.0 Å². The Balaban J connectivity index is 1.44. The van der Waals surface area contributed by atoms with Gasteiger partial charge in [-0.3, -0.25) is 9.36 Å². The van der Waals surface area contributed by atoms with Crippen molar-refractivity contribution in [2.75, 3.05) is 23.3 Å². The summed E-state index contributed by atoms with van der Waals surface area (Å²) in [4.78, 5) is 24.9. The Hall–Kier alpha value is -4.66. The third-order valence-corrected chi connectivity index (χ3v) is 7.45. The van der Waals surface area contributed by atoms with Gasteiger partial charge in [0.15, 0.2) is 0 Å². The number of fused-ring (bicyclic) bond motifs is 1. The first kappa shape index (κ1) is 26.6. The average molecular weight is 556 g/mol. The third kappa shape index (κ3) is 5.52. The minimum atomic E-state index is -4.61. The minimum Gasteiger partial charge on any atom is -0.372 e. The van der Waals surface area contributed by atoms with Crippen LogP contribution in [0.5, 0.6) is 0 Å². The molecule has 0 bridgehead atoms. The van der Waals surface area contributed by atoms with Crippen molar-refractivity contribution in [3.63, 3.8) is 0 Å². The van der Waals surface area contributed by atoms with Crippen molar-refractivity contribution >= 4 is 28.4 Å². The second-order valence-corrected chi connectivity index (χ2v) is 10.1. The summed E-state index contributed by atoms with van der Waals surface area (Å²) in [5.41, 5.74) is 1.35. The molecule has 1 aliphatic heterocycles. The number of piperidine rings is 1. The summed E-state index contributed by atoms with van der Waals surface area (Å²) >= 11 is 0. The fourth-order valence-corrected chi connectivity index (χ4v) is 5.48. The van der Waals surface area contributed by atoms with Gasteiger partial charge >= 0.3 is 6.18 Å². The van der Waals surface area contributed by atoms with Crippen molar-refractivity contribution in [2.24, 2.45) is 0 Å². The summed E-state index contributed by atoms with van der Waals surface area (Å²) in [6, 6.07) is 23.9. The predicted molar refractivity (Wildman–Crippen MR) is 155 cm³/mol. The van der Waals surface area contributed by atoms with Crippen molar-refractivity contribution in [3.05, 3.63) is 124 Å². The van der Waals surface area contributed by atoms with Crippen LogP contribution in [0.25, 0.3) is 11.0 Å². The Labute approximate surface area is 235 Å². The van der Waals surface area contributed by atoms with Crippen LogP contribution in [0.1, 0.15) is 42.0 Å². The van der Waals surface area contributed by atoms with Crippen LogP contribution in [0.2, 0.25) is 0 Å². The number of anilines is 3. The number of hydrogen-bond donors (Lipinski definition) is 1. The topological polar surface area (TPSA) is 63.1 Å². The molecule has 0 amide bonds. The number of rotatable bonds is 6. The molecule has 5 aromatic rings. The monoisotopic (exact) mass is 555 g/mol. The number of nitrogens with one attached hydrogen (secondary N) is 1. The molecule has 3 aromatic carbocycles. The Kier molecular flexibility index (Phi) is 7.17. The fraction of sp³-hybridized carbons (Fsp3) is 0.219. The first-order chi connectivity index (χ1) is 19.9. The van der Waals surface area contributed by atoms with E-state index in [0.717, 1.165) is 30.5 Å². The van der Waals surface area contributed by atoms with Gasteiger partial charge in [-0.05, 0) is 66.8 Å². The van der Waals surface area contributed by atoms with Gasteiger partial charge in [-0.15, -0.1) is 0 Å². The van der Waals surface area contributed by atoms with Crippen LogP contribution in [0.15, 0.2) is 102 Å². The van der Waals surface area contributed by atoms with Gasteiger partial charge in [0, 0.05) is 42.1 Å². The Morgan fingerprint density at radius 1 is 0.805 bits per heavy atom. The molecule has 3 heterocycles. The number of pyridine rings is 1. The third-order valence-electron chi connectivity index (χ3n) is 7.45. The summed E-state index contributed by atoms with van der Waals surface area (Å²) in [6.45, 7) is 2.08. The van der Waals surface area contributed by atoms with Crippen LogP contribution < -0.4 is 15.8 Å². The first-order valence-electron chi connectivity index (χ1n) is 13.6. The van der Waals surface area contributed by atoms with Gasteiger partial charge in [0.05, 0.1) is 11.6 Å². The lowest BCUT2D eigenvalue weighted by Crippen LogP contribution is -2.29. The molecule has 1 atom stereocenters. The van der Waals surface area contributed by atoms with Gasteiger partial charge in [0.1, 0.15) is 5.65 Å². The molecule has 1 aliphatic rings. The summed E-state index contributed by atoms with van der Waals surface area (Å²) in [5, 5.41) is 3.72. The van der Waals surface area contributed by atoms with E-state index in [9.17, 15) is 18.0 Å². The zero-order valence-electron chi connectivity index (χ0n) is 22.2. The lowest BCUT2D eigenvalue weighted by atomic mass is 9.93. The normalized spacial score (nSPS) is 14.7. The number of hydrogen-bond acceptors (Lipinski definition) is 5. The van der Waals surface area contributed by atoms with Gasteiger partial charge in [0.2, 0.25) is 5.95 Å². The molecule has 6 nitrogen and oxygen atoms in total. The molecule has 6 rings (SSSR count). The molecule has 0 saturated carbocycles. The van der Waals surface area contributed by atoms with E-state index in [-0.39, 0.29) is 17.2 Å². The van der Waals surface area contributed by atoms with Gasteiger partial charge in [0.25, 0.3) is 5.56 Å². The van der Waals surface area contributed by atoms with Crippen LogP contribution in [-0.4, -0.2) is 27.6 Å². The van der Waals surface area contributed by atoms with Crippen LogP contribution in [0.3, 0.4) is 0 Å². The zero-order chi connectivity index (χ0) is 28.4. The number of alkyl halides is 3. The first-order valence-corrected chi connectivity index (χ1v) is 13.6. The number of nitrogens with zero attached hydrogens (tertiary/aromatic N) is 4. The van der Waals surface area contributed by atoms with Crippen LogP contribution in [-0.2, 0) is 6.18 Å². The number of benzene rings is 3. The van der Waals surface area contributed by atoms with Crippen molar-refractivity contribution in [3.8, 4) is 0 Å². The smallest absolute Gasteiger partial charge is 0.372 e. The SMILES string of the molecule is O=c1ccc2cnc(Nc3ccc(N4CCCCC4)cc3)nc2n1C(c1ccccc1)c1ccccc1C(F)(F)F. The molecule has 0 spiro atoms. The lowest BCUT2D eigenvalue weighted by Gasteiger charge is -2.28. The molecule has 9 heteroatoms. The Morgan fingerprint density at radius 3 is 2.24 bits per heavy atom. The van der Waals surface area contributed by atoms with Crippen molar-refractivity contribution in [2.45, 2.75) is 31.5 Å². The zero-order valence-corrected chi connectivity index (χ0v) is 22.2. The highest BCUT2D eigenvalue weighted by molar-refractivity contribution is 5.76. The maximum Gasteiger partial charge on any atom is 0.416 e. The van der Waals surface area contributed by atoms with E-state index >= 15 is 0 Å². The predicted octanol–water partition coefficient (Wildman–Crippen LogP) is 7.18. The highest BCUT2D eigenvalue weighted by Crippen LogP contribution is 2.38. The fourth-order valence-electron chi connectivity index (χ4n) is 5.48. The van der Waals surface area contributed by atoms with Crippen molar-refractivity contribution in [1.82, 2.24) is 14.5 Å². The average Bonchev–Trinajstić information content (AvgIpc) is 3.00. The summed E-state index contributed by atoms with van der Waals surface area (Å²) in [6.07, 6.45) is 0.585. The quantitative estimate of drug-likeness (QED) is 0.240. The van der Waals surface area contributed by atoms with E-state index < -0.39 is 23.3 Å². The molecule has 41 heavy (non-hydrogen) atoms. The van der Waals surface area contributed by atoms with Gasteiger partial charge in [-0.25, -0.2) is 4.98 Å². The summed E-state index contributed by atoms with van der Waals surface area (Å²) in [5.74, 6) is 0.235. The second-order valence-electron chi connectivity index (χ2n) is 10.1. The molecule has 1 fully saturated rings. The number of aromatic nitrogens is 3. The Morgan fingerprint density at radius 2 is 1.51 bits per heavy atom. The molecule has 2 aromatic heterocycles. The molecular formula is C32H28F3N5O. The summed E-state index contributed by atoms with van der Waals surface area (Å²) in [7, 11) is 0. The molecule has 0 radical (unpaired) electrons. The van der Waals surface area contributed by atoms with Gasteiger partial charge in [-0.1, -0.05) is 48.5 Å². The number of halogens is 3. The molecule has 1 unspecified atom stereocenters. The molecular weight excluding hydrogens is 527 g/mol. The highest BCUT2D eigenvalue weighted by Gasteiger charge is 2.36. The standard InChI is InChI=1S/C32H28F3N5O/c33-32(34,35)27-12-6-5-11-26(27)29(22-9-3-1-4-10-22)40-28(41)18-13-23-21-36-31(38-30(23)40)37-24-14-16-25(17-15-24)39-19-7-2-8-20-39/h1,3-6,9-18,21,29H,2,7-8,19-20H2,(H,36,37,38). The highest BCUT2D eigenvalue weighted by atomic mass is 19.4. The molecule has 1 N–H and O–H groups in total. The lowest BCUT2D eigenvalue weighted by molar-refractivity contribution is -0.138. The largest absolute Gasteiger partial charge is 0.416 e. The van der Waals surface area contributed by atoms with Crippen molar-refractivity contribution < 1.29 is 13.2 Å². The van der Waals surface area contributed by atoms with E-state index in [1.807, 2.05) is 24.3 Å². The van der Waals surface area contributed by atoms with Gasteiger partial charge in [-0.2, -0.15) is 18.2 Å². The van der Waals surface area contributed by atoms with Crippen LogP contribution in [0.4, 0.5) is 30.5 Å².